The third-order valence-corrected chi connectivity index (χ3v) is 7.91. The van der Waals surface area contributed by atoms with Crippen LogP contribution in [0, 0.1) is 0 Å². The summed E-state index contributed by atoms with van der Waals surface area (Å²) in [7, 11) is -1.77. The fourth-order valence-corrected chi connectivity index (χ4v) is 5.64. The number of imidazole rings is 1. The second-order valence-electron chi connectivity index (χ2n) is 8.89. The maximum atomic E-state index is 12.8. The topological polar surface area (TPSA) is 102 Å². The Hall–Kier alpha value is -2.46. The van der Waals surface area contributed by atoms with Gasteiger partial charge in [-0.1, -0.05) is 13.8 Å². The molecule has 1 aromatic heterocycles. The van der Waals surface area contributed by atoms with Crippen molar-refractivity contribution in [2.45, 2.75) is 84.4 Å². The molecule has 0 saturated carbocycles. The molecule has 0 saturated heterocycles. The van der Waals surface area contributed by atoms with Crippen molar-refractivity contribution in [3.05, 3.63) is 24.0 Å². The average Bonchev–Trinajstić information content (AvgIpc) is 3.07. The molecule has 1 heterocycles. The summed E-state index contributed by atoms with van der Waals surface area (Å²) >= 11 is 0. The van der Waals surface area contributed by atoms with Crippen LogP contribution in [0.15, 0.2) is 23.1 Å². The van der Waals surface area contributed by atoms with Crippen LogP contribution in [0.5, 0.6) is 0 Å². The number of ether oxygens (including phenoxy) is 1. The molecule has 0 aliphatic carbocycles. The maximum Gasteiger partial charge on any atom is 0.307 e. The molecule has 0 radical (unpaired) electrons. The normalized spacial score (nSPS) is 13.1. The van der Waals surface area contributed by atoms with Gasteiger partial charge in [-0.15, -0.1) is 0 Å². The Morgan fingerprint density at radius 2 is 1.65 bits per heavy atom. The van der Waals surface area contributed by atoms with Gasteiger partial charge in [0, 0.05) is 38.6 Å². The zero-order valence-electron chi connectivity index (χ0n) is 21.5. The molecule has 34 heavy (non-hydrogen) atoms. The smallest absolute Gasteiger partial charge is 0.307 e. The first-order valence-corrected chi connectivity index (χ1v) is 13.3. The molecule has 9 nitrogen and oxygen atoms in total. The van der Waals surface area contributed by atoms with Crippen LogP contribution in [0.25, 0.3) is 11.0 Å². The lowest BCUT2D eigenvalue weighted by Crippen LogP contribution is -2.47. The summed E-state index contributed by atoms with van der Waals surface area (Å²) < 4.78 is 34.3. The van der Waals surface area contributed by atoms with E-state index < -0.39 is 22.1 Å². The van der Waals surface area contributed by atoms with Crippen molar-refractivity contribution < 1.29 is 22.7 Å². The monoisotopic (exact) mass is 494 g/mol. The lowest BCUT2D eigenvalue weighted by Gasteiger charge is -2.32. The molecule has 2 aromatic rings. The summed E-state index contributed by atoms with van der Waals surface area (Å²) in [5.74, 6) is -0.0671. The van der Waals surface area contributed by atoms with E-state index in [-0.39, 0.29) is 29.3 Å². The molecule has 1 atom stereocenters. The first-order chi connectivity index (χ1) is 15.8. The van der Waals surface area contributed by atoms with E-state index in [1.165, 1.54) is 4.31 Å². The first kappa shape index (κ1) is 27.8. The van der Waals surface area contributed by atoms with Gasteiger partial charge in [-0.05, 0) is 52.8 Å². The van der Waals surface area contributed by atoms with Crippen molar-refractivity contribution >= 4 is 32.9 Å². The average molecular weight is 495 g/mol. The molecule has 2 rings (SSSR count). The lowest BCUT2D eigenvalue weighted by molar-refractivity contribution is -0.161. The highest BCUT2D eigenvalue weighted by molar-refractivity contribution is 7.89. The minimum Gasteiger partial charge on any atom is -0.453 e. The van der Waals surface area contributed by atoms with Crippen molar-refractivity contribution in [2.24, 2.45) is 7.05 Å². The van der Waals surface area contributed by atoms with Crippen molar-refractivity contribution in [1.82, 2.24) is 18.8 Å². The minimum absolute atomic E-state index is 0.00378. The minimum atomic E-state index is -3.59. The summed E-state index contributed by atoms with van der Waals surface area (Å²) in [5.41, 5.74) is 1.32. The van der Waals surface area contributed by atoms with Crippen LogP contribution in [0.4, 0.5) is 0 Å². The molecule has 1 unspecified atom stereocenters. The number of amides is 1. The number of hydrogen-bond donors (Lipinski definition) is 0. The van der Waals surface area contributed by atoms with Gasteiger partial charge in [-0.25, -0.2) is 13.4 Å². The highest BCUT2D eigenvalue weighted by atomic mass is 32.2. The molecule has 1 aromatic carbocycles. The van der Waals surface area contributed by atoms with E-state index in [1.807, 2.05) is 39.3 Å². The number of hydrogen-bond acceptors (Lipinski definition) is 6. The fourth-order valence-electron chi connectivity index (χ4n) is 4.16. The number of fused-ring (bicyclic) bond motifs is 1. The summed E-state index contributed by atoms with van der Waals surface area (Å²) in [4.78, 5) is 31.6. The summed E-state index contributed by atoms with van der Waals surface area (Å²) in [6.07, 6.45) is -0.505. The molecule has 0 aliphatic heterocycles. The van der Waals surface area contributed by atoms with E-state index in [9.17, 15) is 18.0 Å². The molecule has 0 fully saturated rings. The molecule has 1 amide bonds. The molecule has 0 aliphatic rings. The summed E-state index contributed by atoms with van der Waals surface area (Å²) in [6.45, 7) is 13.7. The van der Waals surface area contributed by atoms with Gasteiger partial charge in [0.15, 0.2) is 6.10 Å². The van der Waals surface area contributed by atoms with Gasteiger partial charge in [0.25, 0.3) is 5.91 Å². The Morgan fingerprint density at radius 3 is 2.18 bits per heavy atom. The fraction of sp³-hybridized carbons (Fsp3) is 0.625. The molecule has 0 N–H and O–H groups in total. The Labute approximate surface area is 203 Å². The van der Waals surface area contributed by atoms with Gasteiger partial charge >= 0.3 is 5.97 Å². The highest BCUT2D eigenvalue weighted by Gasteiger charge is 2.28. The Balaban J connectivity index is 2.13. The second-order valence-corrected chi connectivity index (χ2v) is 10.8. The second kappa shape index (κ2) is 11.3. The van der Waals surface area contributed by atoms with Gasteiger partial charge in [0.05, 0.1) is 22.3 Å². The number of rotatable bonds is 11. The number of carbonyl (C=O) groups is 2. The molecular formula is C24H38N4O5S. The zero-order chi connectivity index (χ0) is 25.8. The van der Waals surface area contributed by atoms with Gasteiger partial charge in [0.1, 0.15) is 5.82 Å². The van der Waals surface area contributed by atoms with E-state index in [4.69, 9.17) is 4.74 Å². The number of benzene rings is 1. The number of carbonyl (C=O) groups excluding carboxylic acids is 2. The van der Waals surface area contributed by atoms with E-state index in [0.29, 0.717) is 30.9 Å². The van der Waals surface area contributed by atoms with E-state index >= 15 is 0 Å². The number of aromatic nitrogens is 2. The molecule has 190 valence electrons. The van der Waals surface area contributed by atoms with Crippen LogP contribution in [0.1, 0.15) is 60.7 Å². The van der Waals surface area contributed by atoms with Crippen LogP contribution >= 0.6 is 0 Å². The van der Waals surface area contributed by atoms with Crippen LogP contribution in [0.2, 0.25) is 0 Å². The predicted molar refractivity (Wildman–Crippen MR) is 132 cm³/mol. The largest absolute Gasteiger partial charge is 0.453 e. The number of nitrogens with zero attached hydrogens (tertiary/aromatic N) is 4. The van der Waals surface area contributed by atoms with Crippen LogP contribution < -0.4 is 0 Å². The molecular weight excluding hydrogens is 456 g/mol. The van der Waals surface area contributed by atoms with Crippen molar-refractivity contribution in [3.63, 3.8) is 0 Å². The van der Waals surface area contributed by atoms with Crippen LogP contribution in [0.3, 0.4) is 0 Å². The zero-order valence-corrected chi connectivity index (χ0v) is 22.3. The number of esters is 1. The Morgan fingerprint density at radius 1 is 1.06 bits per heavy atom. The number of aryl methyl sites for hydroxylation is 2. The van der Waals surface area contributed by atoms with Crippen molar-refractivity contribution in [3.8, 4) is 0 Å². The van der Waals surface area contributed by atoms with Gasteiger partial charge in [-0.3, -0.25) is 9.59 Å². The third-order valence-electron chi connectivity index (χ3n) is 5.86. The van der Waals surface area contributed by atoms with E-state index in [1.54, 1.807) is 43.9 Å². The SMILES string of the molecule is CCN(CC)S(=O)(=O)c1ccc2c(c1)nc(CCC(=O)OC(C)C(=O)N(C(C)C)C(C)C)n2C. The van der Waals surface area contributed by atoms with Crippen LogP contribution in [-0.2, 0) is 37.8 Å². The van der Waals surface area contributed by atoms with Gasteiger partial charge in [0.2, 0.25) is 10.0 Å². The molecule has 10 heteroatoms. The third kappa shape index (κ3) is 5.96. The van der Waals surface area contributed by atoms with Crippen LogP contribution in [-0.4, -0.2) is 70.3 Å². The van der Waals surface area contributed by atoms with E-state index in [0.717, 1.165) is 5.52 Å². The Bertz CT molecular complexity index is 1110. The Kier molecular flexibility index (Phi) is 9.24. The quantitative estimate of drug-likeness (QED) is 0.445. The molecule has 0 bridgehead atoms. The molecule has 0 spiro atoms. The van der Waals surface area contributed by atoms with Gasteiger partial charge in [-0.2, -0.15) is 4.31 Å². The first-order valence-electron chi connectivity index (χ1n) is 11.8. The van der Waals surface area contributed by atoms with E-state index in [2.05, 4.69) is 4.98 Å². The highest BCUT2D eigenvalue weighted by Crippen LogP contribution is 2.23. The summed E-state index contributed by atoms with van der Waals surface area (Å²) in [5, 5.41) is 0. The van der Waals surface area contributed by atoms with Crippen molar-refractivity contribution in [2.75, 3.05) is 13.1 Å². The van der Waals surface area contributed by atoms with Crippen molar-refractivity contribution in [1.29, 1.82) is 0 Å². The predicted octanol–water partition coefficient (Wildman–Crippen LogP) is 3.11. The maximum absolute atomic E-state index is 12.8. The lowest BCUT2D eigenvalue weighted by atomic mass is 10.2. The number of sulfonamides is 1. The standard InChI is InChI=1S/C24H38N4O5S/c1-9-27(10-2)34(31,32)19-11-12-21-20(15-19)25-22(26(21)8)13-14-23(29)33-18(7)24(30)28(16(3)4)17(5)6/h11-12,15-18H,9-10,13-14H2,1-8H3. The summed E-state index contributed by atoms with van der Waals surface area (Å²) in [6, 6.07) is 4.89. The van der Waals surface area contributed by atoms with Gasteiger partial charge < -0.3 is 14.2 Å².